The van der Waals surface area contributed by atoms with Crippen molar-refractivity contribution in [3.05, 3.63) is 89.8 Å². The molecule has 0 amide bonds. The lowest BCUT2D eigenvalue weighted by Crippen LogP contribution is -2.17. The van der Waals surface area contributed by atoms with Crippen molar-refractivity contribution in [3.63, 3.8) is 0 Å². The summed E-state index contributed by atoms with van der Waals surface area (Å²) in [5.74, 6) is 1.31. The number of para-hydroxylation sites is 1. The third kappa shape index (κ3) is 4.69. The van der Waals surface area contributed by atoms with Gasteiger partial charge in [0.2, 0.25) is 10.0 Å². The molecule has 1 aliphatic heterocycles. The highest BCUT2D eigenvalue weighted by molar-refractivity contribution is 7.95. The number of hydrogen-bond acceptors (Lipinski definition) is 5. The Morgan fingerprint density at radius 1 is 0.774 bits per heavy atom. The fourth-order valence-electron chi connectivity index (χ4n) is 3.13. The van der Waals surface area contributed by atoms with Crippen LogP contribution in [0.4, 0.5) is 5.69 Å². The Hall–Kier alpha value is -3.40. The largest absolute Gasteiger partial charge is 0.456 e. The molecule has 0 saturated carbocycles. The average molecular weight is 455 g/mol. The maximum absolute atomic E-state index is 12.6. The van der Waals surface area contributed by atoms with Gasteiger partial charge in [0.05, 0.1) is 11.1 Å². The van der Waals surface area contributed by atoms with E-state index in [4.69, 9.17) is 9.56 Å². The van der Waals surface area contributed by atoms with E-state index in [0.717, 1.165) is 16.7 Å². The molecule has 0 bridgehead atoms. The van der Waals surface area contributed by atoms with E-state index in [-0.39, 0.29) is 10.6 Å². The van der Waals surface area contributed by atoms with Crippen LogP contribution < -0.4 is 9.86 Å². The zero-order valence-electron chi connectivity index (χ0n) is 16.1. The maximum atomic E-state index is 12.6. The molecule has 9 heteroatoms. The van der Waals surface area contributed by atoms with Gasteiger partial charge in [-0.3, -0.25) is 4.72 Å². The molecule has 2 aromatic carbocycles. The van der Waals surface area contributed by atoms with Gasteiger partial charge in [0, 0.05) is 11.1 Å². The van der Waals surface area contributed by atoms with Gasteiger partial charge in [-0.25, -0.2) is 22.0 Å². The van der Waals surface area contributed by atoms with E-state index in [9.17, 15) is 16.8 Å². The Labute approximate surface area is 180 Å². The molecule has 1 heterocycles. The molecule has 7 nitrogen and oxygen atoms in total. The highest BCUT2D eigenvalue weighted by Crippen LogP contribution is 2.31. The summed E-state index contributed by atoms with van der Waals surface area (Å²) >= 11 is 0. The van der Waals surface area contributed by atoms with Gasteiger partial charge in [-0.05, 0) is 42.0 Å². The summed E-state index contributed by atoms with van der Waals surface area (Å²) in [7, 11) is -8.11. The first kappa shape index (κ1) is 20.9. The van der Waals surface area contributed by atoms with Crippen LogP contribution in [0.25, 0.3) is 28.7 Å². The van der Waals surface area contributed by atoms with Gasteiger partial charge in [0.15, 0.2) is 0 Å². The first-order valence-corrected chi connectivity index (χ1v) is 12.2. The summed E-state index contributed by atoms with van der Waals surface area (Å²) in [5, 5.41) is 6.13. The minimum absolute atomic E-state index is 0.125. The van der Waals surface area contributed by atoms with Crippen LogP contribution in [0.15, 0.2) is 93.6 Å². The SMILES string of the molecule is NS(=O)(=O)c1ccccc1NS(=O)(=O)C=Cc1ccccc1-c1ccc2cccc-2o1. The van der Waals surface area contributed by atoms with Gasteiger partial charge in [-0.1, -0.05) is 48.5 Å². The monoisotopic (exact) mass is 454 g/mol. The molecule has 0 fully saturated rings. The van der Waals surface area contributed by atoms with E-state index < -0.39 is 20.0 Å². The fourth-order valence-corrected chi connectivity index (χ4v) is 4.76. The van der Waals surface area contributed by atoms with Gasteiger partial charge in [0.1, 0.15) is 16.4 Å². The summed E-state index contributed by atoms with van der Waals surface area (Å²) in [6.45, 7) is 0. The number of hydrogen-bond donors (Lipinski definition) is 2. The molecular weight excluding hydrogens is 436 g/mol. The summed E-state index contributed by atoms with van der Waals surface area (Å²) in [5.41, 5.74) is 2.17. The first-order chi connectivity index (χ1) is 14.7. The smallest absolute Gasteiger partial charge is 0.255 e. The molecule has 2 aromatic rings. The van der Waals surface area contributed by atoms with Crippen LogP contribution in [-0.2, 0) is 20.0 Å². The molecule has 0 spiro atoms. The predicted octanol–water partition coefficient (Wildman–Crippen LogP) is 4.11. The van der Waals surface area contributed by atoms with Gasteiger partial charge in [-0.2, -0.15) is 0 Å². The third-order valence-electron chi connectivity index (χ3n) is 4.54. The van der Waals surface area contributed by atoms with E-state index >= 15 is 0 Å². The molecule has 3 N–H and O–H groups in total. The van der Waals surface area contributed by atoms with Crippen molar-refractivity contribution >= 4 is 31.8 Å². The standard InChI is InChI=1S/C22H18N2O5S2/c23-31(27,28)22-11-4-3-9-19(22)24-30(25,26)15-14-16-6-1-2-8-18(16)21-13-12-17-7-5-10-20(17)29-21/h1-15,24H,(H2,23,27,28). The van der Waals surface area contributed by atoms with Crippen molar-refractivity contribution in [2.24, 2.45) is 5.14 Å². The Bertz CT molecular complexity index is 1450. The zero-order valence-corrected chi connectivity index (χ0v) is 17.7. The topological polar surface area (TPSA) is 119 Å². The average Bonchev–Trinajstić information content (AvgIpc) is 3.20. The highest BCUT2D eigenvalue weighted by atomic mass is 32.2. The molecule has 4 rings (SSSR count). The number of fused-ring (bicyclic) bond motifs is 1. The van der Waals surface area contributed by atoms with Crippen LogP contribution in [0, 0.1) is 0 Å². The second kappa shape index (κ2) is 8.03. The lowest BCUT2D eigenvalue weighted by Gasteiger charge is -2.10. The van der Waals surface area contributed by atoms with Gasteiger partial charge >= 0.3 is 0 Å². The van der Waals surface area contributed by atoms with Crippen LogP contribution in [-0.4, -0.2) is 16.8 Å². The van der Waals surface area contributed by atoms with Crippen molar-refractivity contribution in [2.75, 3.05) is 4.72 Å². The van der Waals surface area contributed by atoms with E-state index in [1.807, 2.05) is 42.5 Å². The van der Waals surface area contributed by atoms with Crippen molar-refractivity contribution in [1.29, 1.82) is 0 Å². The quantitative estimate of drug-likeness (QED) is 0.454. The number of primary sulfonamides is 1. The number of rotatable bonds is 6. The molecule has 0 aromatic heterocycles. The van der Waals surface area contributed by atoms with Crippen molar-refractivity contribution in [1.82, 2.24) is 0 Å². The summed E-state index contributed by atoms with van der Waals surface area (Å²) in [6, 6.07) is 22.1. The van der Waals surface area contributed by atoms with Crippen molar-refractivity contribution in [3.8, 4) is 22.6 Å². The fraction of sp³-hybridized carbons (Fsp3) is 0. The highest BCUT2D eigenvalue weighted by Gasteiger charge is 2.17. The normalized spacial score (nSPS) is 12.4. The second-order valence-corrected chi connectivity index (χ2v) is 9.82. The van der Waals surface area contributed by atoms with Crippen LogP contribution in [0.2, 0.25) is 0 Å². The van der Waals surface area contributed by atoms with Crippen molar-refractivity contribution in [2.45, 2.75) is 4.90 Å². The number of nitrogens with one attached hydrogen (secondary N) is 1. The molecule has 158 valence electrons. The Morgan fingerprint density at radius 3 is 2.32 bits per heavy atom. The number of anilines is 1. The number of sulfonamides is 2. The van der Waals surface area contributed by atoms with E-state index in [1.54, 1.807) is 12.1 Å². The minimum Gasteiger partial charge on any atom is -0.456 e. The summed E-state index contributed by atoms with van der Waals surface area (Å²) in [6.07, 6.45) is 1.42. The first-order valence-electron chi connectivity index (χ1n) is 9.14. The molecule has 31 heavy (non-hydrogen) atoms. The molecule has 0 unspecified atom stereocenters. The molecule has 1 aliphatic carbocycles. The zero-order chi connectivity index (χ0) is 22.1. The van der Waals surface area contributed by atoms with Crippen LogP contribution in [0.1, 0.15) is 5.56 Å². The maximum Gasteiger partial charge on any atom is 0.255 e. The Balaban J connectivity index is 1.66. The Kier molecular flexibility index (Phi) is 5.40. The third-order valence-corrected chi connectivity index (χ3v) is 6.51. The predicted molar refractivity (Wildman–Crippen MR) is 120 cm³/mol. The summed E-state index contributed by atoms with van der Waals surface area (Å²) in [4.78, 5) is -0.311. The number of benzene rings is 2. The lowest BCUT2D eigenvalue weighted by atomic mass is 10.0. The summed E-state index contributed by atoms with van der Waals surface area (Å²) < 4.78 is 56.8. The van der Waals surface area contributed by atoms with Crippen LogP contribution >= 0.6 is 0 Å². The van der Waals surface area contributed by atoms with Gasteiger partial charge < -0.3 is 4.42 Å². The van der Waals surface area contributed by atoms with E-state index in [1.165, 1.54) is 30.3 Å². The van der Waals surface area contributed by atoms with E-state index in [0.29, 0.717) is 16.9 Å². The van der Waals surface area contributed by atoms with Gasteiger partial charge in [-0.15, -0.1) is 0 Å². The molecule has 0 atom stereocenters. The molecule has 0 saturated heterocycles. The molecule has 2 aliphatic rings. The van der Waals surface area contributed by atoms with Crippen molar-refractivity contribution < 1.29 is 21.3 Å². The van der Waals surface area contributed by atoms with Crippen LogP contribution in [0.3, 0.4) is 0 Å². The molecular formula is C22H18N2O5S2. The Morgan fingerprint density at radius 2 is 1.52 bits per heavy atom. The van der Waals surface area contributed by atoms with Gasteiger partial charge in [0.25, 0.3) is 10.0 Å². The number of nitrogens with two attached hydrogens (primary N) is 1. The lowest BCUT2D eigenvalue weighted by molar-refractivity contribution is 0.583. The second-order valence-electron chi connectivity index (χ2n) is 6.72. The molecule has 0 radical (unpaired) electrons. The minimum atomic E-state index is -4.09. The van der Waals surface area contributed by atoms with Crippen LogP contribution in [0.5, 0.6) is 0 Å². The van der Waals surface area contributed by atoms with E-state index in [2.05, 4.69) is 4.72 Å².